The molecule has 0 fully saturated rings. The molecule has 1 amide bonds. The van der Waals surface area contributed by atoms with Crippen molar-refractivity contribution in [1.29, 1.82) is 0 Å². The molecular weight excluding hydrogens is 322 g/mol. The molecule has 25 heavy (non-hydrogen) atoms. The maximum atomic E-state index is 12.2. The lowest BCUT2D eigenvalue weighted by Gasteiger charge is -2.17. The number of hydrogen-bond acceptors (Lipinski definition) is 6. The zero-order valence-electron chi connectivity index (χ0n) is 14.9. The molecule has 1 heterocycles. The monoisotopic (exact) mass is 345 g/mol. The van der Waals surface area contributed by atoms with E-state index in [0.717, 1.165) is 11.1 Å². The Bertz CT molecular complexity index is 741. The van der Waals surface area contributed by atoms with E-state index in [1.807, 2.05) is 45.0 Å². The van der Waals surface area contributed by atoms with Crippen LogP contribution in [0.5, 0.6) is 0 Å². The van der Waals surface area contributed by atoms with Gasteiger partial charge in [0.15, 0.2) is 0 Å². The average Bonchev–Trinajstić information content (AvgIpc) is 3.01. The first kappa shape index (κ1) is 18.6. The first-order valence-corrected chi connectivity index (χ1v) is 8.11. The minimum absolute atomic E-state index is 0.121. The van der Waals surface area contributed by atoms with Gasteiger partial charge in [-0.1, -0.05) is 38.1 Å². The van der Waals surface area contributed by atoms with E-state index in [1.165, 1.54) is 11.9 Å². The summed E-state index contributed by atoms with van der Waals surface area (Å²) in [6, 6.07) is 6.99. The van der Waals surface area contributed by atoms with Gasteiger partial charge in [-0.15, -0.1) is 10.2 Å². The summed E-state index contributed by atoms with van der Waals surface area (Å²) < 4.78 is 4.74. The molecule has 1 atom stereocenters. The van der Waals surface area contributed by atoms with Gasteiger partial charge in [-0.05, 0) is 30.0 Å². The fraction of sp³-hybridized carbons (Fsp3) is 0.471. The number of esters is 1. The predicted octanol–water partition coefficient (Wildman–Crippen LogP) is 1.35. The summed E-state index contributed by atoms with van der Waals surface area (Å²) in [5, 5.41) is 14.8. The second kappa shape index (κ2) is 8.36. The number of aromatic nitrogens is 4. The van der Waals surface area contributed by atoms with Gasteiger partial charge in [-0.25, -0.2) is 4.79 Å². The molecule has 0 aliphatic heterocycles. The minimum atomic E-state index is -0.683. The van der Waals surface area contributed by atoms with Crippen LogP contribution in [-0.2, 0) is 20.9 Å². The second-order valence-electron chi connectivity index (χ2n) is 6.23. The van der Waals surface area contributed by atoms with Gasteiger partial charge in [0.05, 0.1) is 7.11 Å². The molecule has 0 unspecified atom stereocenters. The molecule has 8 nitrogen and oxygen atoms in total. The van der Waals surface area contributed by atoms with Crippen LogP contribution < -0.4 is 5.32 Å². The Kier molecular flexibility index (Phi) is 6.21. The van der Waals surface area contributed by atoms with Crippen LogP contribution >= 0.6 is 0 Å². The van der Waals surface area contributed by atoms with E-state index in [4.69, 9.17) is 4.74 Å². The van der Waals surface area contributed by atoms with Crippen molar-refractivity contribution in [2.24, 2.45) is 5.92 Å². The van der Waals surface area contributed by atoms with Crippen molar-refractivity contribution >= 4 is 11.9 Å². The van der Waals surface area contributed by atoms with Gasteiger partial charge >= 0.3 is 5.97 Å². The van der Waals surface area contributed by atoms with Crippen molar-refractivity contribution in [2.75, 3.05) is 7.11 Å². The molecule has 1 aromatic carbocycles. The van der Waals surface area contributed by atoms with Gasteiger partial charge in [0.25, 0.3) is 0 Å². The molecule has 0 saturated heterocycles. The van der Waals surface area contributed by atoms with Crippen molar-refractivity contribution in [2.45, 2.75) is 39.8 Å². The molecule has 0 aliphatic carbocycles. The Morgan fingerprint density at radius 3 is 2.64 bits per heavy atom. The Morgan fingerprint density at radius 1 is 1.28 bits per heavy atom. The number of tetrazole rings is 1. The molecule has 8 heteroatoms. The molecule has 2 aromatic rings. The van der Waals surface area contributed by atoms with Crippen molar-refractivity contribution in [3.05, 3.63) is 29.8 Å². The summed E-state index contributed by atoms with van der Waals surface area (Å²) in [6.45, 7) is 5.77. The standard InChI is InChI=1S/C17H23N5O3/c1-11(2)9-14(17(24)25-4)18-15(23)10-22-20-16(19-21-22)13-8-6-5-7-12(13)3/h5-8,11,14H,9-10H2,1-4H3,(H,18,23)/t14-/m0/s1. The van der Waals surface area contributed by atoms with Gasteiger partial charge in [-0.2, -0.15) is 4.80 Å². The third kappa shape index (κ3) is 5.10. The number of carbonyl (C=O) groups excluding carboxylic acids is 2. The Hall–Kier alpha value is -2.77. The van der Waals surface area contributed by atoms with E-state index >= 15 is 0 Å². The molecule has 134 valence electrons. The van der Waals surface area contributed by atoms with E-state index in [0.29, 0.717) is 12.2 Å². The quantitative estimate of drug-likeness (QED) is 0.761. The van der Waals surface area contributed by atoms with E-state index in [-0.39, 0.29) is 18.4 Å². The molecular formula is C17H23N5O3. The van der Waals surface area contributed by atoms with Crippen LogP contribution in [0.25, 0.3) is 11.4 Å². The first-order chi connectivity index (χ1) is 11.9. The van der Waals surface area contributed by atoms with Gasteiger partial charge in [0.1, 0.15) is 12.6 Å². The topological polar surface area (TPSA) is 99.0 Å². The number of carbonyl (C=O) groups is 2. The molecule has 0 aliphatic rings. The van der Waals surface area contributed by atoms with Gasteiger partial charge in [0, 0.05) is 5.56 Å². The van der Waals surface area contributed by atoms with Crippen LogP contribution in [0.15, 0.2) is 24.3 Å². The normalized spacial score (nSPS) is 12.0. The van der Waals surface area contributed by atoms with E-state index in [9.17, 15) is 9.59 Å². The van der Waals surface area contributed by atoms with Crippen LogP contribution in [0, 0.1) is 12.8 Å². The summed E-state index contributed by atoms with van der Waals surface area (Å²) >= 11 is 0. The van der Waals surface area contributed by atoms with Gasteiger partial charge < -0.3 is 10.1 Å². The number of rotatable bonds is 7. The zero-order valence-corrected chi connectivity index (χ0v) is 14.9. The Balaban J connectivity index is 2.03. The number of methoxy groups -OCH3 is 1. The SMILES string of the molecule is COC(=O)[C@H](CC(C)C)NC(=O)Cn1nnc(-c2ccccc2C)n1. The Labute approximate surface area is 146 Å². The van der Waals surface area contributed by atoms with Crippen LogP contribution in [0.1, 0.15) is 25.8 Å². The lowest BCUT2D eigenvalue weighted by atomic mass is 10.0. The van der Waals surface area contributed by atoms with E-state index in [2.05, 4.69) is 20.7 Å². The van der Waals surface area contributed by atoms with Crippen molar-refractivity contribution in [3.63, 3.8) is 0 Å². The molecule has 0 radical (unpaired) electrons. The highest BCUT2D eigenvalue weighted by molar-refractivity contribution is 5.84. The van der Waals surface area contributed by atoms with Crippen LogP contribution in [0.3, 0.4) is 0 Å². The molecule has 1 N–H and O–H groups in total. The van der Waals surface area contributed by atoms with Crippen LogP contribution in [-0.4, -0.2) is 45.2 Å². The largest absolute Gasteiger partial charge is 0.467 e. The van der Waals surface area contributed by atoms with Crippen molar-refractivity contribution in [3.8, 4) is 11.4 Å². The van der Waals surface area contributed by atoms with Crippen molar-refractivity contribution in [1.82, 2.24) is 25.5 Å². The number of nitrogens with one attached hydrogen (secondary N) is 1. The maximum Gasteiger partial charge on any atom is 0.328 e. The number of amides is 1. The first-order valence-electron chi connectivity index (χ1n) is 8.11. The van der Waals surface area contributed by atoms with Gasteiger partial charge in [-0.3, -0.25) is 4.79 Å². The fourth-order valence-electron chi connectivity index (χ4n) is 2.44. The highest BCUT2D eigenvalue weighted by Gasteiger charge is 2.23. The molecule has 2 rings (SSSR count). The average molecular weight is 345 g/mol. The second-order valence-corrected chi connectivity index (χ2v) is 6.23. The van der Waals surface area contributed by atoms with Gasteiger partial charge in [0.2, 0.25) is 11.7 Å². The van der Waals surface area contributed by atoms with E-state index < -0.39 is 12.0 Å². The highest BCUT2D eigenvalue weighted by atomic mass is 16.5. The third-order valence-electron chi connectivity index (χ3n) is 3.65. The molecule has 1 aromatic heterocycles. The van der Waals surface area contributed by atoms with Crippen molar-refractivity contribution < 1.29 is 14.3 Å². The van der Waals surface area contributed by atoms with Crippen LogP contribution in [0.4, 0.5) is 0 Å². The molecule has 0 bridgehead atoms. The summed E-state index contributed by atoms with van der Waals surface area (Å²) in [7, 11) is 1.30. The van der Waals surface area contributed by atoms with Crippen LogP contribution in [0.2, 0.25) is 0 Å². The number of nitrogens with zero attached hydrogens (tertiary/aromatic N) is 4. The fourth-order valence-corrected chi connectivity index (χ4v) is 2.44. The summed E-state index contributed by atoms with van der Waals surface area (Å²) in [5.74, 6) is -0.141. The number of aryl methyl sites for hydroxylation is 1. The molecule has 0 spiro atoms. The molecule has 0 saturated carbocycles. The third-order valence-corrected chi connectivity index (χ3v) is 3.65. The highest BCUT2D eigenvalue weighted by Crippen LogP contribution is 2.17. The lowest BCUT2D eigenvalue weighted by molar-refractivity contribution is -0.145. The summed E-state index contributed by atoms with van der Waals surface area (Å²) in [6.07, 6.45) is 0.498. The lowest BCUT2D eigenvalue weighted by Crippen LogP contribution is -2.43. The summed E-state index contributed by atoms with van der Waals surface area (Å²) in [5.41, 5.74) is 1.88. The maximum absolute atomic E-state index is 12.2. The number of ether oxygens (including phenoxy) is 1. The van der Waals surface area contributed by atoms with E-state index in [1.54, 1.807) is 0 Å². The minimum Gasteiger partial charge on any atom is -0.467 e. The summed E-state index contributed by atoms with van der Waals surface area (Å²) in [4.78, 5) is 25.2. The zero-order chi connectivity index (χ0) is 18.4. The smallest absolute Gasteiger partial charge is 0.328 e. The number of hydrogen-bond donors (Lipinski definition) is 1. The predicted molar refractivity (Wildman–Crippen MR) is 91.4 cm³/mol. The number of benzene rings is 1. The Morgan fingerprint density at radius 2 is 2.00 bits per heavy atom.